The van der Waals surface area contributed by atoms with Crippen LogP contribution >= 0.6 is 15.2 Å². The first-order valence-electron chi connectivity index (χ1n) is 9.78. The molecule has 0 aliphatic heterocycles. The van der Waals surface area contributed by atoms with Crippen molar-refractivity contribution < 1.29 is 32.0 Å². The molecular formula is C19H31NO7P2. The van der Waals surface area contributed by atoms with Crippen molar-refractivity contribution in [1.82, 2.24) is 4.98 Å². The van der Waals surface area contributed by atoms with Gasteiger partial charge in [0.25, 0.3) is 0 Å². The number of H-pyrrole nitrogens is 1. The largest absolute Gasteiger partial charge is 0.497 e. The highest BCUT2D eigenvalue weighted by atomic mass is 31.2. The molecule has 0 fully saturated rings. The summed E-state index contributed by atoms with van der Waals surface area (Å²) in [6.07, 6.45) is 1.92. The lowest BCUT2D eigenvalue weighted by molar-refractivity contribution is 0.195. The molecule has 0 saturated carbocycles. The van der Waals surface area contributed by atoms with E-state index >= 15 is 0 Å². The van der Waals surface area contributed by atoms with Crippen molar-refractivity contribution in [3.63, 3.8) is 0 Å². The first-order chi connectivity index (χ1) is 13.9. The molecule has 0 atom stereocenters. The lowest BCUT2D eigenvalue weighted by Crippen LogP contribution is -2.20. The molecule has 0 spiro atoms. The molecular weight excluding hydrogens is 416 g/mol. The molecule has 1 heterocycles. The van der Waals surface area contributed by atoms with E-state index in [-0.39, 0.29) is 32.8 Å². The summed E-state index contributed by atoms with van der Waals surface area (Å²) in [6.45, 7) is 7.44. The molecule has 1 N–H and O–H groups in total. The first kappa shape index (κ1) is 24.1. The minimum absolute atomic E-state index is 0.127. The monoisotopic (exact) mass is 447 g/mol. The Kier molecular flexibility index (Phi) is 8.95. The number of aromatic amines is 1. The Labute approximate surface area is 172 Å². The lowest BCUT2D eigenvalue weighted by Gasteiger charge is -2.31. The van der Waals surface area contributed by atoms with Gasteiger partial charge in [-0.05, 0) is 51.5 Å². The molecule has 0 aliphatic carbocycles. The molecule has 1 aromatic heterocycles. The van der Waals surface area contributed by atoms with Crippen LogP contribution in [0, 0.1) is 0 Å². The summed E-state index contributed by atoms with van der Waals surface area (Å²) in [5.74, 6) is 0.686. The highest BCUT2D eigenvalue weighted by molar-refractivity contribution is 7.72. The summed E-state index contributed by atoms with van der Waals surface area (Å²) in [5.41, 5.74) is 1.67. The van der Waals surface area contributed by atoms with Crippen LogP contribution in [0.5, 0.6) is 5.75 Å². The van der Waals surface area contributed by atoms with Crippen LogP contribution in [0.1, 0.15) is 33.3 Å². The van der Waals surface area contributed by atoms with E-state index in [1.165, 1.54) is 0 Å². The van der Waals surface area contributed by atoms with Gasteiger partial charge in [0.15, 0.2) is 5.40 Å². The second-order valence-electron chi connectivity index (χ2n) is 6.16. The Morgan fingerprint density at radius 3 is 1.86 bits per heavy atom. The van der Waals surface area contributed by atoms with E-state index in [2.05, 4.69) is 4.98 Å². The van der Waals surface area contributed by atoms with Gasteiger partial charge < -0.3 is 27.8 Å². The van der Waals surface area contributed by atoms with E-state index in [0.717, 1.165) is 16.5 Å². The molecule has 29 heavy (non-hydrogen) atoms. The average Bonchev–Trinajstić information content (AvgIpc) is 3.08. The van der Waals surface area contributed by atoms with Crippen LogP contribution in [-0.2, 0) is 33.6 Å². The Bertz CT molecular complexity index is 833. The molecule has 0 amide bonds. The van der Waals surface area contributed by atoms with Crippen molar-refractivity contribution in [3.05, 3.63) is 30.0 Å². The van der Waals surface area contributed by atoms with Crippen LogP contribution in [0.15, 0.2) is 24.4 Å². The van der Waals surface area contributed by atoms with Gasteiger partial charge in [0.1, 0.15) is 5.75 Å². The number of hydrogen-bond donors (Lipinski definition) is 1. The molecule has 0 bridgehead atoms. The maximum atomic E-state index is 13.7. The van der Waals surface area contributed by atoms with E-state index in [1.54, 1.807) is 41.0 Å². The van der Waals surface area contributed by atoms with Gasteiger partial charge in [-0.2, -0.15) is 0 Å². The topological polar surface area (TPSA) is 96.1 Å². The molecule has 10 heteroatoms. The van der Waals surface area contributed by atoms with E-state index in [0.29, 0.717) is 5.75 Å². The number of methoxy groups -OCH3 is 1. The third-order valence-corrected chi connectivity index (χ3v) is 10.3. The predicted octanol–water partition coefficient (Wildman–Crippen LogP) is 5.58. The number of nitrogens with one attached hydrogen (secondary N) is 1. The fourth-order valence-corrected chi connectivity index (χ4v) is 8.49. The Morgan fingerprint density at radius 1 is 0.897 bits per heavy atom. The molecule has 2 rings (SSSR count). The van der Waals surface area contributed by atoms with Gasteiger partial charge in [-0.1, -0.05) is 0 Å². The van der Waals surface area contributed by atoms with Gasteiger partial charge in [0, 0.05) is 23.5 Å². The maximum Gasteiger partial charge on any atom is 0.346 e. The minimum Gasteiger partial charge on any atom is -0.497 e. The predicted molar refractivity (Wildman–Crippen MR) is 114 cm³/mol. The van der Waals surface area contributed by atoms with Crippen molar-refractivity contribution in [2.75, 3.05) is 33.5 Å². The van der Waals surface area contributed by atoms with Crippen molar-refractivity contribution in [3.8, 4) is 5.75 Å². The molecule has 0 unspecified atom stereocenters. The first-order valence-corrected chi connectivity index (χ1v) is 13.0. The molecule has 2 aromatic rings. The quantitative estimate of drug-likeness (QED) is 0.401. The van der Waals surface area contributed by atoms with Crippen molar-refractivity contribution >= 4 is 26.1 Å². The highest BCUT2D eigenvalue weighted by Gasteiger charge is 2.50. The van der Waals surface area contributed by atoms with Gasteiger partial charge in [-0.15, -0.1) is 0 Å². The minimum atomic E-state index is -3.81. The SMILES string of the molecule is CCOP(=O)(OCC)C(Cc1c[nH]c2ccc(OC)cc12)P(=O)(OCC)OCC. The fraction of sp³-hybridized carbons (Fsp3) is 0.579. The van der Waals surface area contributed by atoms with Crippen molar-refractivity contribution in [2.45, 2.75) is 39.5 Å². The molecule has 164 valence electrons. The third-order valence-electron chi connectivity index (χ3n) is 4.34. The van der Waals surface area contributed by atoms with E-state index in [4.69, 9.17) is 22.8 Å². The second kappa shape index (κ2) is 10.8. The van der Waals surface area contributed by atoms with Crippen molar-refractivity contribution in [2.24, 2.45) is 0 Å². The van der Waals surface area contributed by atoms with Gasteiger partial charge in [-0.3, -0.25) is 9.13 Å². The number of hydrogen-bond acceptors (Lipinski definition) is 7. The summed E-state index contributed by atoms with van der Waals surface area (Å²) in [5, 5.41) is -0.228. The van der Waals surface area contributed by atoms with Crippen LogP contribution in [0.25, 0.3) is 10.9 Å². The van der Waals surface area contributed by atoms with Crippen LogP contribution < -0.4 is 4.74 Å². The summed E-state index contributed by atoms with van der Waals surface area (Å²) in [4.78, 5) is 3.18. The Hall–Kier alpha value is -1.14. The number of aromatic nitrogens is 1. The fourth-order valence-electron chi connectivity index (χ4n) is 3.19. The zero-order valence-corrected chi connectivity index (χ0v) is 19.5. The van der Waals surface area contributed by atoms with Crippen LogP contribution in [-0.4, -0.2) is 43.9 Å². The summed E-state index contributed by atoms with van der Waals surface area (Å²) in [7, 11) is -6.02. The third kappa shape index (κ3) is 5.52. The number of rotatable bonds is 13. The van der Waals surface area contributed by atoms with Crippen molar-refractivity contribution in [1.29, 1.82) is 0 Å². The summed E-state index contributed by atoms with van der Waals surface area (Å²) in [6, 6.07) is 5.61. The molecule has 0 aliphatic rings. The van der Waals surface area contributed by atoms with Gasteiger partial charge in [0.2, 0.25) is 0 Å². The zero-order chi connectivity index (χ0) is 21.5. The number of benzene rings is 1. The molecule has 0 saturated heterocycles. The van der Waals surface area contributed by atoms with E-state index < -0.39 is 20.6 Å². The number of fused-ring (bicyclic) bond motifs is 1. The Balaban J connectivity index is 2.58. The zero-order valence-electron chi connectivity index (χ0n) is 17.7. The van der Waals surface area contributed by atoms with E-state index in [9.17, 15) is 9.13 Å². The van der Waals surface area contributed by atoms with E-state index in [1.807, 2.05) is 18.2 Å². The normalized spacial score (nSPS) is 12.8. The van der Waals surface area contributed by atoms with Crippen LogP contribution in [0.3, 0.4) is 0 Å². The summed E-state index contributed by atoms with van der Waals surface area (Å²) >= 11 is 0. The van der Waals surface area contributed by atoms with Gasteiger partial charge in [0.05, 0.1) is 33.5 Å². The maximum absolute atomic E-state index is 13.7. The summed E-state index contributed by atoms with van der Waals surface area (Å²) < 4.78 is 54.9. The van der Waals surface area contributed by atoms with Crippen LogP contribution in [0.2, 0.25) is 0 Å². The lowest BCUT2D eigenvalue weighted by atomic mass is 10.1. The molecule has 1 aromatic carbocycles. The molecule has 8 nitrogen and oxygen atoms in total. The smallest absolute Gasteiger partial charge is 0.346 e. The average molecular weight is 447 g/mol. The van der Waals surface area contributed by atoms with Crippen LogP contribution in [0.4, 0.5) is 0 Å². The van der Waals surface area contributed by atoms with Gasteiger partial charge >= 0.3 is 15.2 Å². The standard InChI is InChI=1S/C19H31NO7P2/c1-6-24-28(21,25-7-2)19(29(22,26-8-3)27-9-4)12-15-14-20-18-11-10-16(23-5)13-17(15)18/h10-11,13-14,19-20H,6-9,12H2,1-5H3. The Morgan fingerprint density at radius 2 is 1.41 bits per heavy atom. The second-order valence-corrected chi connectivity index (χ2v) is 11.0. The number of ether oxygens (including phenoxy) is 1. The van der Waals surface area contributed by atoms with Gasteiger partial charge in [-0.25, -0.2) is 0 Å². The highest BCUT2D eigenvalue weighted by Crippen LogP contribution is 2.71. The molecule has 0 radical (unpaired) electrons.